The lowest BCUT2D eigenvalue weighted by Crippen LogP contribution is -2.51. The van der Waals surface area contributed by atoms with E-state index in [4.69, 9.17) is 0 Å². The van der Waals surface area contributed by atoms with E-state index in [2.05, 4.69) is 15.4 Å². The molecule has 2 fully saturated rings. The van der Waals surface area contributed by atoms with Gasteiger partial charge in [-0.05, 0) is 56.3 Å². The predicted octanol–water partition coefficient (Wildman–Crippen LogP) is 3.31. The Labute approximate surface area is 128 Å². The van der Waals surface area contributed by atoms with Crippen LogP contribution in [-0.4, -0.2) is 25.5 Å². The fraction of sp³-hybridized carbons (Fsp3) is 0.625. The van der Waals surface area contributed by atoms with Crippen molar-refractivity contribution in [1.29, 1.82) is 0 Å². The fourth-order valence-corrected chi connectivity index (χ4v) is 3.34. The van der Waals surface area contributed by atoms with Crippen LogP contribution in [0.3, 0.4) is 0 Å². The van der Waals surface area contributed by atoms with Crippen molar-refractivity contribution >= 4 is 0 Å². The fourth-order valence-electron chi connectivity index (χ4n) is 3.34. The summed E-state index contributed by atoms with van der Waals surface area (Å²) in [5, 5.41) is 7.02. The molecule has 6 heteroatoms. The van der Waals surface area contributed by atoms with E-state index in [1.165, 1.54) is 18.6 Å². The average Bonchev–Trinajstić information content (AvgIpc) is 2.89. The van der Waals surface area contributed by atoms with Crippen LogP contribution in [0.2, 0.25) is 0 Å². The van der Waals surface area contributed by atoms with Gasteiger partial charge >= 0.3 is 6.36 Å². The molecule has 1 aromatic carbocycles. The molecular formula is C16H21F3N2O. The van der Waals surface area contributed by atoms with E-state index >= 15 is 0 Å². The summed E-state index contributed by atoms with van der Waals surface area (Å²) >= 11 is 0. The van der Waals surface area contributed by atoms with Crippen molar-refractivity contribution in [1.82, 2.24) is 10.6 Å². The Kier molecular flexibility index (Phi) is 4.32. The summed E-state index contributed by atoms with van der Waals surface area (Å²) in [4.78, 5) is 0. The quantitative estimate of drug-likeness (QED) is 0.875. The average molecular weight is 314 g/mol. The third-order valence-electron chi connectivity index (χ3n) is 4.68. The number of ether oxygens (including phenoxy) is 1. The van der Waals surface area contributed by atoms with Crippen molar-refractivity contribution in [2.75, 3.05) is 13.1 Å². The molecule has 1 heterocycles. The lowest BCUT2D eigenvalue weighted by molar-refractivity contribution is -0.274. The maximum atomic E-state index is 12.4. The number of rotatable bonds is 5. The minimum absolute atomic E-state index is 0.142. The normalized spacial score (nSPS) is 24.0. The molecule has 0 amide bonds. The van der Waals surface area contributed by atoms with Crippen LogP contribution < -0.4 is 15.4 Å². The molecule has 122 valence electrons. The summed E-state index contributed by atoms with van der Waals surface area (Å²) in [6, 6.07) is 6.85. The van der Waals surface area contributed by atoms with Gasteiger partial charge < -0.3 is 15.4 Å². The van der Waals surface area contributed by atoms with Gasteiger partial charge in [-0.2, -0.15) is 0 Å². The number of nitrogens with one attached hydrogen (secondary N) is 2. The van der Waals surface area contributed by atoms with Crippen molar-refractivity contribution < 1.29 is 17.9 Å². The molecule has 1 saturated carbocycles. The van der Waals surface area contributed by atoms with Gasteiger partial charge in [-0.25, -0.2) is 0 Å². The van der Waals surface area contributed by atoms with Crippen molar-refractivity contribution in [3.8, 4) is 5.75 Å². The Morgan fingerprint density at radius 2 is 2.09 bits per heavy atom. The predicted molar refractivity (Wildman–Crippen MR) is 77.7 cm³/mol. The van der Waals surface area contributed by atoms with Crippen molar-refractivity contribution in [3.05, 3.63) is 29.8 Å². The highest BCUT2D eigenvalue weighted by molar-refractivity contribution is 5.35. The molecule has 1 atom stereocenters. The second kappa shape index (κ2) is 6.08. The Balaban J connectivity index is 1.70. The molecule has 3 rings (SSSR count). The molecule has 0 bridgehead atoms. The minimum Gasteiger partial charge on any atom is -0.406 e. The molecule has 2 N–H and O–H groups in total. The van der Waals surface area contributed by atoms with Crippen LogP contribution >= 0.6 is 0 Å². The third-order valence-corrected chi connectivity index (χ3v) is 4.68. The van der Waals surface area contributed by atoms with Crippen LogP contribution in [0, 0.1) is 0 Å². The van der Waals surface area contributed by atoms with Gasteiger partial charge in [-0.1, -0.05) is 12.1 Å². The first-order valence-electron chi connectivity index (χ1n) is 7.82. The van der Waals surface area contributed by atoms with E-state index in [1.807, 2.05) is 6.07 Å². The topological polar surface area (TPSA) is 33.3 Å². The van der Waals surface area contributed by atoms with Crippen molar-refractivity contribution in [2.45, 2.75) is 50.0 Å². The zero-order valence-corrected chi connectivity index (χ0v) is 12.4. The van der Waals surface area contributed by atoms with Crippen LogP contribution in [0.5, 0.6) is 5.75 Å². The molecule has 0 aromatic heterocycles. The Morgan fingerprint density at radius 3 is 2.68 bits per heavy atom. The monoisotopic (exact) mass is 314 g/mol. The summed E-state index contributed by atoms with van der Waals surface area (Å²) in [6.45, 7) is 1.90. The molecule has 1 saturated heterocycles. The summed E-state index contributed by atoms with van der Waals surface area (Å²) < 4.78 is 41.2. The molecular weight excluding hydrogens is 293 g/mol. The number of halogens is 3. The number of hydrogen-bond donors (Lipinski definition) is 2. The SMILES string of the molecule is FC(F)(F)Oc1cccc(C2(NC[C@H]3CCCN3)CCC2)c1. The summed E-state index contributed by atoms with van der Waals surface area (Å²) in [6.07, 6.45) is 0.695. The van der Waals surface area contributed by atoms with Crippen molar-refractivity contribution in [2.24, 2.45) is 0 Å². The molecule has 1 aliphatic heterocycles. The summed E-state index contributed by atoms with van der Waals surface area (Å²) in [5.41, 5.74) is 0.688. The van der Waals surface area contributed by atoms with E-state index in [9.17, 15) is 13.2 Å². The zero-order valence-electron chi connectivity index (χ0n) is 12.4. The largest absolute Gasteiger partial charge is 0.573 e. The minimum atomic E-state index is -4.65. The lowest BCUT2D eigenvalue weighted by atomic mass is 9.71. The number of benzene rings is 1. The molecule has 22 heavy (non-hydrogen) atoms. The van der Waals surface area contributed by atoms with Gasteiger partial charge in [0.05, 0.1) is 0 Å². The maximum absolute atomic E-state index is 12.4. The number of alkyl halides is 3. The van der Waals surface area contributed by atoms with E-state index in [-0.39, 0.29) is 11.3 Å². The Hall–Kier alpha value is -1.27. The molecule has 0 radical (unpaired) electrons. The first-order chi connectivity index (χ1) is 10.5. The van der Waals surface area contributed by atoms with E-state index in [0.29, 0.717) is 6.04 Å². The Bertz CT molecular complexity index is 508. The molecule has 0 spiro atoms. The van der Waals surface area contributed by atoms with Crippen LogP contribution in [0.25, 0.3) is 0 Å². The maximum Gasteiger partial charge on any atom is 0.573 e. The molecule has 1 aliphatic carbocycles. The van der Waals surface area contributed by atoms with Gasteiger partial charge in [0.2, 0.25) is 0 Å². The van der Waals surface area contributed by atoms with Crippen molar-refractivity contribution in [3.63, 3.8) is 0 Å². The first-order valence-corrected chi connectivity index (χ1v) is 7.82. The zero-order chi connectivity index (χ0) is 15.6. The van der Waals surface area contributed by atoms with Gasteiger partial charge in [0, 0.05) is 18.1 Å². The lowest BCUT2D eigenvalue weighted by Gasteiger charge is -2.44. The second-order valence-corrected chi connectivity index (χ2v) is 6.19. The van der Waals surface area contributed by atoms with Crippen LogP contribution in [0.15, 0.2) is 24.3 Å². The highest BCUT2D eigenvalue weighted by Crippen LogP contribution is 2.42. The third kappa shape index (κ3) is 3.55. The van der Waals surface area contributed by atoms with Gasteiger partial charge in [-0.3, -0.25) is 0 Å². The molecule has 2 aliphatic rings. The van der Waals surface area contributed by atoms with E-state index in [0.717, 1.165) is 44.3 Å². The van der Waals surface area contributed by atoms with Gasteiger partial charge in [-0.15, -0.1) is 13.2 Å². The smallest absolute Gasteiger partial charge is 0.406 e. The van der Waals surface area contributed by atoms with Gasteiger partial charge in [0.25, 0.3) is 0 Å². The van der Waals surface area contributed by atoms with E-state index < -0.39 is 6.36 Å². The van der Waals surface area contributed by atoms with Gasteiger partial charge in [0.1, 0.15) is 5.75 Å². The van der Waals surface area contributed by atoms with Crippen LogP contribution in [0.1, 0.15) is 37.7 Å². The van der Waals surface area contributed by atoms with Crippen LogP contribution in [0.4, 0.5) is 13.2 Å². The highest BCUT2D eigenvalue weighted by atomic mass is 19.4. The van der Waals surface area contributed by atoms with Crippen LogP contribution in [-0.2, 0) is 5.54 Å². The number of hydrogen-bond acceptors (Lipinski definition) is 3. The summed E-state index contributed by atoms with van der Waals surface area (Å²) in [7, 11) is 0. The molecule has 0 unspecified atom stereocenters. The van der Waals surface area contributed by atoms with Gasteiger partial charge in [0.15, 0.2) is 0 Å². The van der Waals surface area contributed by atoms with E-state index in [1.54, 1.807) is 6.07 Å². The Morgan fingerprint density at radius 1 is 1.27 bits per heavy atom. The first kappa shape index (κ1) is 15.6. The highest BCUT2D eigenvalue weighted by Gasteiger charge is 2.39. The standard InChI is InChI=1S/C16H21F3N2O/c17-16(18,19)22-14-6-1-4-12(10-14)15(7-3-8-15)21-11-13-5-2-9-20-13/h1,4,6,10,13,20-21H,2-3,5,7-9,11H2/t13-/m1/s1. The molecule has 1 aromatic rings. The second-order valence-electron chi connectivity index (χ2n) is 6.19. The summed E-state index contributed by atoms with van der Waals surface area (Å²) in [5.74, 6) is -0.142. The molecule has 3 nitrogen and oxygen atoms in total.